The minimum absolute atomic E-state index is 0.0121. The van der Waals surface area contributed by atoms with Gasteiger partial charge in [0, 0.05) is 12.1 Å². The van der Waals surface area contributed by atoms with Gasteiger partial charge in [-0.2, -0.15) is 5.10 Å². The summed E-state index contributed by atoms with van der Waals surface area (Å²) >= 11 is 0. The molecule has 0 fully saturated rings. The standard InChI is InChI=1S/C16H23N5O2/c1-12(21-11-17-10-19-21)16(22)18-9-14(20(2)3)13-7-5-6-8-15(13)23-4/h5-8,10-12,14H,9H2,1-4H3,(H,18,22)/t12-,14+/m1/s1. The molecule has 1 aromatic carbocycles. The molecular weight excluding hydrogens is 294 g/mol. The highest BCUT2D eigenvalue weighted by Crippen LogP contribution is 2.27. The van der Waals surface area contributed by atoms with Gasteiger partial charge in [0.1, 0.15) is 24.4 Å². The van der Waals surface area contributed by atoms with Gasteiger partial charge in [-0.15, -0.1) is 0 Å². The summed E-state index contributed by atoms with van der Waals surface area (Å²) in [6.07, 6.45) is 2.95. The van der Waals surface area contributed by atoms with Crippen LogP contribution in [0.4, 0.5) is 0 Å². The second-order valence-electron chi connectivity index (χ2n) is 5.52. The van der Waals surface area contributed by atoms with Gasteiger partial charge in [0.05, 0.1) is 13.2 Å². The summed E-state index contributed by atoms with van der Waals surface area (Å²) in [6.45, 7) is 2.27. The molecule has 2 rings (SSSR count). The quantitative estimate of drug-likeness (QED) is 0.832. The third-order valence-corrected chi connectivity index (χ3v) is 3.80. The molecule has 0 aliphatic rings. The molecule has 2 aromatic rings. The molecule has 0 aliphatic heterocycles. The van der Waals surface area contributed by atoms with E-state index in [4.69, 9.17) is 4.74 Å². The molecule has 1 aromatic heterocycles. The Balaban J connectivity index is 2.07. The zero-order valence-electron chi connectivity index (χ0n) is 13.9. The lowest BCUT2D eigenvalue weighted by atomic mass is 10.0. The van der Waals surface area contributed by atoms with Gasteiger partial charge in [-0.3, -0.25) is 4.79 Å². The van der Waals surface area contributed by atoms with Gasteiger partial charge in [0.2, 0.25) is 5.91 Å². The summed E-state index contributed by atoms with van der Waals surface area (Å²) in [5.41, 5.74) is 1.04. The summed E-state index contributed by atoms with van der Waals surface area (Å²) in [4.78, 5) is 18.2. The average Bonchev–Trinajstić information content (AvgIpc) is 3.08. The summed E-state index contributed by atoms with van der Waals surface area (Å²) in [5.74, 6) is 0.710. The van der Waals surface area contributed by atoms with E-state index in [1.165, 1.54) is 17.3 Å². The smallest absolute Gasteiger partial charge is 0.244 e. The van der Waals surface area contributed by atoms with Crippen LogP contribution < -0.4 is 10.1 Å². The summed E-state index contributed by atoms with van der Waals surface area (Å²) in [5, 5.41) is 6.98. The van der Waals surface area contributed by atoms with Crippen molar-refractivity contribution in [2.24, 2.45) is 0 Å². The molecule has 0 bridgehead atoms. The van der Waals surface area contributed by atoms with E-state index < -0.39 is 6.04 Å². The topological polar surface area (TPSA) is 72.3 Å². The number of benzene rings is 1. The Labute approximate surface area is 136 Å². The molecule has 0 spiro atoms. The van der Waals surface area contributed by atoms with Gasteiger partial charge in [0.25, 0.3) is 0 Å². The number of carbonyl (C=O) groups excluding carboxylic acids is 1. The van der Waals surface area contributed by atoms with Crippen LogP contribution in [0.3, 0.4) is 0 Å². The fourth-order valence-corrected chi connectivity index (χ4v) is 2.39. The Bertz CT molecular complexity index is 627. The first-order chi connectivity index (χ1) is 11.0. The van der Waals surface area contributed by atoms with Gasteiger partial charge in [0.15, 0.2) is 0 Å². The summed E-state index contributed by atoms with van der Waals surface area (Å²) in [7, 11) is 5.60. The number of nitrogens with one attached hydrogen (secondary N) is 1. The van der Waals surface area contributed by atoms with Crippen molar-refractivity contribution in [3.05, 3.63) is 42.5 Å². The number of aromatic nitrogens is 3. The normalized spacial score (nSPS) is 13.6. The maximum Gasteiger partial charge on any atom is 0.244 e. The molecule has 0 radical (unpaired) electrons. The summed E-state index contributed by atoms with van der Waals surface area (Å²) in [6, 6.07) is 7.44. The van der Waals surface area contributed by atoms with Crippen molar-refractivity contribution in [2.75, 3.05) is 27.7 Å². The number of methoxy groups -OCH3 is 1. The van der Waals surface area contributed by atoms with E-state index in [0.717, 1.165) is 11.3 Å². The van der Waals surface area contributed by atoms with E-state index in [9.17, 15) is 4.79 Å². The van der Waals surface area contributed by atoms with E-state index in [-0.39, 0.29) is 11.9 Å². The van der Waals surface area contributed by atoms with Crippen LogP contribution in [-0.2, 0) is 4.79 Å². The molecule has 1 heterocycles. The zero-order chi connectivity index (χ0) is 16.8. The number of rotatable bonds is 7. The maximum absolute atomic E-state index is 12.3. The van der Waals surface area contributed by atoms with Crippen LogP contribution in [0.15, 0.2) is 36.9 Å². The third kappa shape index (κ3) is 4.07. The molecule has 2 atom stereocenters. The minimum atomic E-state index is -0.405. The van der Waals surface area contributed by atoms with Gasteiger partial charge in [-0.25, -0.2) is 9.67 Å². The van der Waals surface area contributed by atoms with E-state index in [2.05, 4.69) is 20.3 Å². The Morgan fingerprint density at radius 2 is 2.13 bits per heavy atom. The predicted molar refractivity (Wildman–Crippen MR) is 87.2 cm³/mol. The molecule has 7 nitrogen and oxygen atoms in total. The number of hydrogen-bond donors (Lipinski definition) is 1. The van der Waals surface area contributed by atoms with E-state index in [1.54, 1.807) is 14.0 Å². The van der Waals surface area contributed by atoms with Gasteiger partial charge < -0.3 is 15.0 Å². The van der Waals surface area contributed by atoms with Crippen LogP contribution in [0.5, 0.6) is 5.75 Å². The monoisotopic (exact) mass is 317 g/mol. The largest absolute Gasteiger partial charge is 0.496 e. The summed E-state index contributed by atoms with van der Waals surface area (Å²) < 4.78 is 6.96. The molecule has 0 saturated heterocycles. The fraction of sp³-hybridized carbons (Fsp3) is 0.438. The van der Waals surface area contributed by atoms with Crippen molar-refractivity contribution < 1.29 is 9.53 Å². The number of ether oxygens (including phenoxy) is 1. The maximum atomic E-state index is 12.3. The first-order valence-corrected chi connectivity index (χ1v) is 7.45. The van der Waals surface area contributed by atoms with Crippen molar-refractivity contribution in [3.63, 3.8) is 0 Å². The Morgan fingerprint density at radius 1 is 1.39 bits per heavy atom. The number of amides is 1. The number of para-hydroxylation sites is 1. The Hall–Kier alpha value is -2.41. The highest BCUT2D eigenvalue weighted by atomic mass is 16.5. The van der Waals surface area contributed by atoms with E-state index in [1.807, 2.05) is 38.4 Å². The lowest BCUT2D eigenvalue weighted by Crippen LogP contribution is -2.38. The molecule has 1 amide bonds. The van der Waals surface area contributed by atoms with Crippen molar-refractivity contribution >= 4 is 5.91 Å². The molecule has 0 aliphatic carbocycles. The fourth-order valence-electron chi connectivity index (χ4n) is 2.39. The van der Waals surface area contributed by atoms with Crippen molar-refractivity contribution in [1.29, 1.82) is 0 Å². The lowest BCUT2D eigenvalue weighted by molar-refractivity contribution is -0.124. The molecular formula is C16H23N5O2. The molecule has 0 saturated carbocycles. The molecule has 23 heavy (non-hydrogen) atoms. The first kappa shape index (κ1) is 17.0. The zero-order valence-corrected chi connectivity index (χ0v) is 13.9. The highest BCUT2D eigenvalue weighted by molar-refractivity contribution is 5.79. The minimum Gasteiger partial charge on any atom is -0.496 e. The number of likely N-dealkylation sites (N-methyl/N-ethyl adjacent to an activating group) is 1. The Kier molecular flexibility index (Phi) is 5.70. The van der Waals surface area contributed by atoms with Crippen LogP contribution in [0, 0.1) is 0 Å². The van der Waals surface area contributed by atoms with Crippen molar-refractivity contribution in [1.82, 2.24) is 25.0 Å². The van der Waals surface area contributed by atoms with Crippen LogP contribution in [-0.4, -0.2) is 53.3 Å². The molecule has 1 N–H and O–H groups in total. The van der Waals surface area contributed by atoms with E-state index in [0.29, 0.717) is 6.54 Å². The SMILES string of the molecule is COc1ccccc1[C@H](CNC(=O)[C@@H](C)n1cncn1)N(C)C. The van der Waals surface area contributed by atoms with E-state index >= 15 is 0 Å². The Morgan fingerprint density at radius 3 is 2.74 bits per heavy atom. The van der Waals surface area contributed by atoms with Gasteiger partial charge >= 0.3 is 0 Å². The molecule has 0 unspecified atom stereocenters. The van der Waals surface area contributed by atoms with Crippen LogP contribution in [0.25, 0.3) is 0 Å². The van der Waals surface area contributed by atoms with Crippen molar-refractivity contribution in [2.45, 2.75) is 19.0 Å². The number of nitrogens with zero attached hydrogens (tertiary/aromatic N) is 4. The lowest BCUT2D eigenvalue weighted by Gasteiger charge is -2.27. The predicted octanol–water partition coefficient (Wildman–Crippen LogP) is 1.27. The average molecular weight is 317 g/mol. The number of hydrogen-bond acceptors (Lipinski definition) is 5. The van der Waals surface area contributed by atoms with Crippen molar-refractivity contribution in [3.8, 4) is 5.75 Å². The highest BCUT2D eigenvalue weighted by Gasteiger charge is 2.21. The van der Waals surface area contributed by atoms with Crippen LogP contribution in [0.2, 0.25) is 0 Å². The second kappa shape index (κ2) is 7.73. The van der Waals surface area contributed by atoms with Gasteiger partial charge in [-0.05, 0) is 27.1 Å². The van der Waals surface area contributed by atoms with Gasteiger partial charge in [-0.1, -0.05) is 18.2 Å². The van der Waals surface area contributed by atoms with Crippen LogP contribution >= 0.6 is 0 Å². The molecule has 124 valence electrons. The molecule has 7 heteroatoms. The third-order valence-electron chi connectivity index (χ3n) is 3.80. The van der Waals surface area contributed by atoms with Crippen LogP contribution in [0.1, 0.15) is 24.6 Å². The second-order valence-corrected chi connectivity index (χ2v) is 5.52. The first-order valence-electron chi connectivity index (χ1n) is 7.45. The number of carbonyl (C=O) groups is 1.